The Balaban J connectivity index is 1.55. The van der Waals surface area contributed by atoms with Crippen molar-refractivity contribution in [1.29, 1.82) is 0 Å². The molecule has 1 fully saturated rings. The number of furan rings is 1. The van der Waals surface area contributed by atoms with Crippen LogP contribution < -0.4 is 4.74 Å². The fraction of sp³-hybridized carbons (Fsp3) is 0.500. The van der Waals surface area contributed by atoms with Crippen molar-refractivity contribution < 1.29 is 23.5 Å². The monoisotopic (exact) mass is 359 g/mol. The third-order valence-corrected chi connectivity index (χ3v) is 4.78. The summed E-state index contributed by atoms with van der Waals surface area (Å²) >= 11 is 0. The van der Waals surface area contributed by atoms with Gasteiger partial charge in [-0.3, -0.25) is 9.59 Å². The van der Waals surface area contributed by atoms with Gasteiger partial charge in [0.2, 0.25) is 0 Å². The summed E-state index contributed by atoms with van der Waals surface area (Å²) in [5.41, 5.74) is 1.39. The minimum Gasteiger partial charge on any atom is -0.497 e. The average Bonchev–Trinajstić information content (AvgIpc) is 3.00. The van der Waals surface area contributed by atoms with E-state index in [2.05, 4.69) is 13.8 Å². The van der Waals surface area contributed by atoms with Crippen LogP contribution in [-0.4, -0.2) is 43.6 Å². The van der Waals surface area contributed by atoms with Crippen LogP contribution in [0.1, 0.15) is 25.8 Å². The van der Waals surface area contributed by atoms with Crippen LogP contribution in [0.3, 0.4) is 0 Å². The van der Waals surface area contributed by atoms with Crippen LogP contribution in [0, 0.1) is 11.8 Å². The first-order chi connectivity index (χ1) is 12.5. The number of hydrogen-bond donors (Lipinski definition) is 0. The predicted octanol–water partition coefficient (Wildman–Crippen LogP) is 3.03. The summed E-state index contributed by atoms with van der Waals surface area (Å²) in [7, 11) is 1.59. The van der Waals surface area contributed by atoms with E-state index >= 15 is 0 Å². The SMILES string of the molecule is COc1ccc2c(CC(=O)OCC(=O)N3C[C@H](C)C[C@H](C)C3)coc2c1. The molecule has 1 saturated heterocycles. The van der Waals surface area contributed by atoms with Gasteiger partial charge < -0.3 is 18.8 Å². The lowest BCUT2D eigenvalue weighted by atomic mass is 9.92. The first kappa shape index (κ1) is 18.3. The molecule has 2 atom stereocenters. The van der Waals surface area contributed by atoms with Crippen LogP contribution in [0.4, 0.5) is 0 Å². The van der Waals surface area contributed by atoms with Gasteiger partial charge in [-0.15, -0.1) is 0 Å². The molecular weight excluding hydrogens is 334 g/mol. The molecule has 2 aromatic rings. The molecule has 26 heavy (non-hydrogen) atoms. The van der Waals surface area contributed by atoms with Crippen molar-refractivity contribution in [2.24, 2.45) is 11.8 Å². The highest BCUT2D eigenvalue weighted by Gasteiger charge is 2.26. The summed E-state index contributed by atoms with van der Waals surface area (Å²) in [6, 6.07) is 5.43. The first-order valence-electron chi connectivity index (χ1n) is 8.93. The van der Waals surface area contributed by atoms with E-state index in [0.717, 1.165) is 30.5 Å². The molecular formula is C20H25NO5. The van der Waals surface area contributed by atoms with Crippen molar-refractivity contribution in [2.75, 3.05) is 26.8 Å². The summed E-state index contributed by atoms with van der Waals surface area (Å²) in [4.78, 5) is 26.2. The van der Waals surface area contributed by atoms with Crippen molar-refractivity contribution in [2.45, 2.75) is 26.7 Å². The number of nitrogens with zero attached hydrogens (tertiary/aromatic N) is 1. The van der Waals surface area contributed by atoms with Gasteiger partial charge in [-0.2, -0.15) is 0 Å². The van der Waals surface area contributed by atoms with Crippen LogP contribution in [0.5, 0.6) is 5.75 Å². The second kappa shape index (κ2) is 7.81. The fourth-order valence-electron chi connectivity index (χ4n) is 3.63. The molecule has 0 N–H and O–H groups in total. The Morgan fingerprint density at radius 3 is 2.65 bits per heavy atom. The maximum atomic E-state index is 12.3. The zero-order valence-electron chi connectivity index (χ0n) is 15.5. The third-order valence-electron chi connectivity index (χ3n) is 4.78. The topological polar surface area (TPSA) is 69.0 Å². The fourth-order valence-corrected chi connectivity index (χ4v) is 3.63. The van der Waals surface area contributed by atoms with Gasteiger partial charge in [-0.1, -0.05) is 13.8 Å². The van der Waals surface area contributed by atoms with Gasteiger partial charge in [0.15, 0.2) is 6.61 Å². The number of carbonyl (C=O) groups is 2. The van der Waals surface area contributed by atoms with E-state index in [-0.39, 0.29) is 18.9 Å². The van der Waals surface area contributed by atoms with Crippen molar-refractivity contribution in [3.8, 4) is 5.75 Å². The molecule has 1 aliphatic rings. The minimum atomic E-state index is -0.435. The van der Waals surface area contributed by atoms with Crippen molar-refractivity contribution in [3.63, 3.8) is 0 Å². The number of amides is 1. The van der Waals surface area contributed by atoms with Gasteiger partial charge >= 0.3 is 5.97 Å². The number of methoxy groups -OCH3 is 1. The molecule has 6 heteroatoms. The maximum absolute atomic E-state index is 12.3. The predicted molar refractivity (Wildman–Crippen MR) is 97.0 cm³/mol. The van der Waals surface area contributed by atoms with Crippen LogP contribution >= 0.6 is 0 Å². The van der Waals surface area contributed by atoms with E-state index in [1.165, 1.54) is 0 Å². The standard InChI is InChI=1S/C20H25NO5/c1-13-6-14(2)10-21(9-13)19(22)12-26-20(23)7-15-11-25-18-8-16(24-3)4-5-17(15)18/h4-5,8,11,13-14H,6-7,9-10,12H2,1-3H3/t13-,14+. The number of hydrogen-bond acceptors (Lipinski definition) is 5. The Labute approximate surface area is 153 Å². The van der Waals surface area contributed by atoms with Crippen molar-refractivity contribution in [3.05, 3.63) is 30.0 Å². The lowest BCUT2D eigenvalue weighted by Gasteiger charge is -2.34. The molecule has 3 rings (SSSR count). The van der Waals surface area contributed by atoms with Crippen LogP contribution in [0.2, 0.25) is 0 Å². The van der Waals surface area contributed by atoms with E-state index in [9.17, 15) is 9.59 Å². The number of likely N-dealkylation sites (tertiary alicyclic amines) is 1. The molecule has 0 bridgehead atoms. The molecule has 1 aromatic heterocycles. The second-order valence-corrected chi connectivity index (χ2v) is 7.21. The zero-order valence-corrected chi connectivity index (χ0v) is 15.5. The van der Waals surface area contributed by atoms with Crippen LogP contribution in [-0.2, 0) is 20.7 Å². The number of rotatable bonds is 5. The number of piperidine rings is 1. The molecule has 1 aliphatic heterocycles. The molecule has 0 spiro atoms. The molecule has 0 aliphatic carbocycles. The molecule has 2 heterocycles. The second-order valence-electron chi connectivity index (χ2n) is 7.21. The third kappa shape index (κ3) is 4.18. The van der Waals surface area contributed by atoms with E-state index in [1.807, 2.05) is 12.1 Å². The van der Waals surface area contributed by atoms with Crippen LogP contribution in [0.25, 0.3) is 11.0 Å². The highest BCUT2D eigenvalue weighted by Crippen LogP contribution is 2.26. The van der Waals surface area contributed by atoms with Gasteiger partial charge in [0.25, 0.3) is 5.91 Å². The molecule has 0 unspecified atom stereocenters. The largest absolute Gasteiger partial charge is 0.497 e. The zero-order chi connectivity index (χ0) is 18.7. The number of carbonyl (C=O) groups excluding carboxylic acids is 2. The van der Waals surface area contributed by atoms with Gasteiger partial charge in [0.1, 0.15) is 11.3 Å². The highest BCUT2D eigenvalue weighted by molar-refractivity contribution is 5.87. The first-order valence-corrected chi connectivity index (χ1v) is 8.93. The van der Waals surface area contributed by atoms with E-state index in [1.54, 1.807) is 24.3 Å². The number of benzene rings is 1. The van der Waals surface area contributed by atoms with Gasteiger partial charge in [0, 0.05) is 30.1 Å². The summed E-state index contributed by atoms with van der Waals surface area (Å²) in [5, 5.41) is 0.841. The molecule has 1 amide bonds. The summed E-state index contributed by atoms with van der Waals surface area (Å²) in [6.45, 7) is 5.54. The average molecular weight is 359 g/mol. The molecule has 0 saturated carbocycles. The number of ether oxygens (including phenoxy) is 2. The van der Waals surface area contributed by atoms with Gasteiger partial charge in [-0.25, -0.2) is 0 Å². The Morgan fingerprint density at radius 1 is 1.23 bits per heavy atom. The van der Waals surface area contributed by atoms with E-state index in [0.29, 0.717) is 23.2 Å². The Kier molecular flexibility index (Phi) is 5.49. The Bertz CT molecular complexity index is 787. The lowest BCUT2D eigenvalue weighted by molar-refractivity contribution is -0.152. The lowest BCUT2D eigenvalue weighted by Crippen LogP contribution is -2.44. The molecule has 0 radical (unpaired) electrons. The minimum absolute atomic E-state index is 0.0689. The number of esters is 1. The normalized spacial score (nSPS) is 20.2. The summed E-state index contributed by atoms with van der Waals surface area (Å²) in [6.07, 6.45) is 2.74. The molecule has 140 valence electrons. The van der Waals surface area contributed by atoms with Gasteiger partial charge in [-0.05, 0) is 30.4 Å². The quantitative estimate of drug-likeness (QED) is 0.768. The number of fused-ring (bicyclic) bond motifs is 1. The smallest absolute Gasteiger partial charge is 0.310 e. The molecule has 1 aromatic carbocycles. The summed E-state index contributed by atoms with van der Waals surface area (Å²) in [5.74, 6) is 1.09. The Hall–Kier alpha value is -2.50. The highest BCUT2D eigenvalue weighted by atomic mass is 16.5. The Morgan fingerprint density at radius 2 is 1.96 bits per heavy atom. The van der Waals surface area contributed by atoms with E-state index < -0.39 is 5.97 Å². The van der Waals surface area contributed by atoms with Crippen LogP contribution in [0.15, 0.2) is 28.9 Å². The van der Waals surface area contributed by atoms with Crippen molar-refractivity contribution >= 4 is 22.8 Å². The van der Waals surface area contributed by atoms with Gasteiger partial charge in [0.05, 0.1) is 19.8 Å². The maximum Gasteiger partial charge on any atom is 0.310 e. The summed E-state index contributed by atoms with van der Waals surface area (Å²) < 4.78 is 15.8. The van der Waals surface area contributed by atoms with Crippen molar-refractivity contribution in [1.82, 2.24) is 4.90 Å². The van der Waals surface area contributed by atoms with E-state index in [4.69, 9.17) is 13.9 Å². The molecule has 6 nitrogen and oxygen atoms in total.